The van der Waals surface area contributed by atoms with Gasteiger partial charge in [-0.2, -0.15) is 0 Å². The summed E-state index contributed by atoms with van der Waals surface area (Å²) in [4.78, 5) is 10.3. The zero-order chi connectivity index (χ0) is 22.6. The van der Waals surface area contributed by atoms with Gasteiger partial charge < -0.3 is 15.8 Å². The highest BCUT2D eigenvalue weighted by Gasteiger charge is 2.19. The highest BCUT2D eigenvalue weighted by atomic mass is 35.5. The Labute approximate surface area is 203 Å². The number of aromatic nitrogens is 2. The van der Waals surface area contributed by atoms with E-state index in [9.17, 15) is 0 Å². The number of hydrogen-bond acceptors (Lipinski definition) is 6. The Balaban J connectivity index is 1.26. The lowest BCUT2D eigenvalue weighted by atomic mass is 9.92. The molecule has 0 bridgehead atoms. The fourth-order valence-electron chi connectivity index (χ4n) is 4.10. The minimum Gasteiger partial charge on any atom is -0.351 e. The third-order valence-electron chi connectivity index (χ3n) is 6.02. The van der Waals surface area contributed by atoms with Crippen LogP contribution < -0.4 is 15.8 Å². The fraction of sp³-hybridized carbons (Fsp3) is 0.231. The van der Waals surface area contributed by atoms with Gasteiger partial charge in [0.1, 0.15) is 0 Å². The molecule has 0 saturated heterocycles. The molecule has 1 aliphatic carbocycles. The molecule has 0 amide bonds. The van der Waals surface area contributed by atoms with Gasteiger partial charge in [-0.15, -0.1) is 0 Å². The summed E-state index contributed by atoms with van der Waals surface area (Å²) in [5.41, 5.74) is 10.3. The van der Waals surface area contributed by atoms with Crippen LogP contribution in [0.2, 0.25) is 5.02 Å². The van der Waals surface area contributed by atoms with E-state index in [1.54, 1.807) is 0 Å². The Morgan fingerprint density at radius 2 is 1.67 bits per heavy atom. The van der Waals surface area contributed by atoms with Crippen molar-refractivity contribution in [3.05, 3.63) is 77.9 Å². The van der Waals surface area contributed by atoms with Gasteiger partial charge in [0.2, 0.25) is 5.95 Å². The third kappa shape index (κ3) is 5.41. The van der Waals surface area contributed by atoms with Crippen molar-refractivity contribution >= 4 is 46.1 Å². The zero-order valence-corrected chi connectivity index (χ0v) is 19.7. The van der Waals surface area contributed by atoms with E-state index >= 15 is 0 Å². The normalized spacial score (nSPS) is 18.2. The van der Waals surface area contributed by atoms with Crippen LogP contribution in [0.25, 0.3) is 22.0 Å². The zero-order valence-electron chi connectivity index (χ0n) is 18.2. The van der Waals surface area contributed by atoms with Crippen LogP contribution in [-0.2, 0) is 0 Å². The largest absolute Gasteiger partial charge is 0.351 e. The Hall–Kier alpha value is -2.80. The number of nitrogens with zero attached hydrogens (tertiary/aromatic N) is 2. The molecule has 33 heavy (non-hydrogen) atoms. The first-order chi connectivity index (χ1) is 16.1. The molecule has 0 unspecified atom stereocenters. The second-order valence-electron chi connectivity index (χ2n) is 8.44. The molecule has 0 radical (unpaired) electrons. The van der Waals surface area contributed by atoms with E-state index in [2.05, 4.69) is 57.5 Å². The van der Waals surface area contributed by atoms with E-state index in [0.29, 0.717) is 18.0 Å². The van der Waals surface area contributed by atoms with Crippen molar-refractivity contribution in [3.63, 3.8) is 0 Å². The molecule has 0 aliphatic heterocycles. The molecule has 5 rings (SSSR count). The average molecular weight is 476 g/mol. The molecule has 1 aromatic heterocycles. The fourth-order valence-corrected chi connectivity index (χ4v) is 5.03. The minimum absolute atomic E-state index is 0.338. The summed E-state index contributed by atoms with van der Waals surface area (Å²) in [5.74, 6) is 0.696. The molecular weight excluding hydrogens is 450 g/mol. The van der Waals surface area contributed by atoms with Crippen LogP contribution in [0, 0.1) is 0 Å². The number of fused-ring (bicyclic) bond motifs is 1. The van der Waals surface area contributed by atoms with E-state index in [-0.39, 0.29) is 0 Å². The number of rotatable bonds is 6. The molecule has 5 nitrogen and oxygen atoms in total. The van der Waals surface area contributed by atoms with Gasteiger partial charge in [-0.25, -0.2) is 9.97 Å². The molecule has 4 aromatic rings. The predicted octanol–water partition coefficient (Wildman–Crippen LogP) is 6.75. The van der Waals surface area contributed by atoms with Crippen LogP contribution in [0.3, 0.4) is 0 Å². The molecule has 168 valence electrons. The van der Waals surface area contributed by atoms with E-state index < -0.39 is 0 Å². The highest BCUT2D eigenvalue weighted by Crippen LogP contribution is 2.30. The van der Waals surface area contributed by atoms with Crippen LogP contribution in [0.4, 0.5) is 11.6 Å². The highest BCUT2D eigenvalue weighted by molar-refractivity contribution is 8.00. The van der Waals surface area contributed by atoms with Crippen molar-refractivity contribution in [2.24, 2.45) is 5.73 Å². The first-order valence-electron chi connectivity index (χ1n) is 11.2. The van der Waals surface area contributed by atoms with Gasteiger partial charge in [-0.1, -0.05) is 41.9 Å². The maximum Gasteiger partial charge on any atom is 0.223 e. The van der Waals surface area contributed by atoms with Crippen molar-refractivity contribution in [3.8, 4) is 11.1 Å². The van der Waals surface area contributed by atoms with Crippen molar-refractivity contribution in [2.75, 3.05) is 10.0 Å². The minimum atomic E-state index is 0.338. The number of nitrogens with two attached hydrogens (primary N) is 1. The number of benzene rings is 3. The summed E-state index contributed by atoms with van der Waals surface area (Å²) in [6, 6.07) is 23.2. The monoisotopic (exact) mass is 475 g/mol. The Bertz CT molecular complexity index is 1240. The molecule has 1 heterocycles. The van der Waals surface area contributed by atoms with Crippen LogP contribution in [0.5, 0.6) is 0 Å². The summed E-state index contributed by atoms with van der Waals surface area (Å²) in [7, 11) is 0. The molecule has 7 heteroatoms. The molecule has 0 atom stereocenters. The van der Waals surface area contributed by atoms with Gasteiger partial charge in [0.15, 0.2) is 0 Å². The van der Waals surface area contributed by atoms with Gasteiger partial charge >= 0.3 is 0 Å². The maximum absolute atomic E-state index is 6.23. The van der Waals surface area contributed by atoms with Crippen molar-refractivity contribution < 1.29 is 0 Å². The van der Waals surface area contributed by atoms with Crippen LogP contribution >= 0.6 is 23.5 Å². The van der Waals surface area contributed by atoms with Gasteiger partial charge in [-0.3, -0.25) is 0 Å². The van der Waals surface area contributed by atoms with Crippen molar-refractivity contribution in [2.45, 2.75) is 42.7 Å². The molecule has 0 spiro atoms. The number of nitrogens with one attached hydrogen (secondary N) is 2. The molecule has 4 N–H and O–H groups in total. The second kappa shape index (κ2) is 10.00. The molecule has 1 fully saturated rings. The second-order valence-corrected chi connectivity index (χ2v) is 9.69. The molecular formula is C26H26ClN5S. The maximum atomic E-state index is 6.23. The molecule has 1 saturated carbocycles. The number of anilines is 2. The van der Waals surface area contributed by atoms with Crippen molar-refractivity contribution in [1.82, 2.24) is 9.97 Å². The lowest BCUT2D eigenvalue weighted by molar-refractivity contribution is 0.410. The first-order valence-corrected chi connectivity index (χ1v) is 12.4. The standard InChI is InChI=1S/C26H26ClN5S/c27-23-3-1-2-4-25(23)33-32-22-10-5-17(6-11-22)18-7-14-24-19(15-18)16-29-26(31-24)30-21-12-8-20(28)9-13-21/h1-7,10-11,14-16,20-21,32H,8-9,12-13,28H2,(H,29,30,31). The van der Waals surface area contributed by atoms with E-state index in [1.807, 2.05) is 30.5 Å². The lowest BCUT2D eigenvalue weighted by Crippen LogP contribution is -2.33. The topological polar surface area (TPSA) is 75.9 Å². The van der Waals surface area contributed by atoms with E-state index in [0.717, 1.165) is 63.3 Å². The van der Waals surface area contributed by atoms with Gasteiger partial charge in [0.05, 0.1) is 10.5 Å². The van der Waals surface area contributed by atoms with Crippen molar-refractivity contribution in [1.29, 1.82) is 0 Å². The predicted molar refractivity (Wildman–Crippen MR) is 140 cm³/mol. The van der Waals surface area contributed by atoms with Crippen LogP contribution in [0.15, 0.2) is 77.8 Å². The van der Waals surface area contributed by atoms with E-state index in [4.69, 9.17) is 22.3 Å². The van der Waals surface area contributed by atoms with Gasteiger partial charge in [0.25, 0.3) is 0 Å². The summed E-state index contributed by atoms with van der Waals surface area (Å²) >= 11 is 7.73. The lowest BCUT2D eigenvalue weighted by Gasteiger charge is -2.26. The Morgan fingerprint density at radius 3 is 2.45 bits per heavy atom. The van der Waals surface area contributed by atoms with Crippen LogP contribution in [-0.4, -0.2) is 22.1 Å². The number of halogens is 1. The summed E-state index contributed by atoms with van der Waals surface area (Å²) in [6.45, 7) is 0. The molecule has 1 aliphatic rings. The third-order valence-corrected chi connectivity index (χ3v) is 7.37. The number of hydrogen-bond donors (Lipinski definition) is 3. The van der Waals surface area contributed by atoms with Crippen LogP contribution in [0.1, 0.15) is 25.7 Å². The summed E-state index contributed by atoms with van der Waals surface area (Å²) in [5, 5.41) is 5.25. The first kappa shape index (κ1) is 22.0. The molecule has 3 aromatic carbocycles. The average Bonchev–Trinajstić information content (AvgIpc) is 2.85. The smallest absolute Gasteiger partial charge is 0.223 e. The summed E-state index contributed by atoms with van der Waals surface area (Å²) < 4.78 is 3.35. The Morgan fingerprint density at radius 1 is 0.909 bits per heavy atom. The van der Waals surface area contributed by atoms with E-state index in [1.165, 1.54) is 11.9 Å². The van der Waals surface area contributed by atoms with Gasteiger partial charge in [-0.05, 0) is 85.2 Å². The quantitative estimate of drug-likeness (QED) is 0.268. The summed E-state index contributed by atoms with van der Waals surface area (Å²) in [6.07, 6.45) is 6.16. The SMILES string of the molecule is NC1CCC(Nc2ncc3cc(-c4ccc(NSc5ccccc5Cl)cc4)ccc3n2)CC1. The Kier molecular flexibility index (Phi) is 6.67. The van der Waals surface area contributed by atoms with Gasteiger partial charge in [0, 0.05) is 34.2 Å².